The highest BCUT2D eigenvalue weighted by Crippen LogP contribution is 2.48. The first-order chi connectivity index (χ1) is 10.2. The first-order valence-corrected chi connectivity index (χ1v) is 9.47. The SMILES string of the molecule is CCCCCOP(=O)(Nc1ccccc1)OCCCCC. The van der Waals surface area contributed by atoms with Crippen LogP contribution in [0.15, 0.2) is 30.3 Å². The molecule has 0 unspecified atom stereocenters. The van der Waals surface area contributed by atoms with Crippen molar-refractivity contribution in [3.63, 3.8) is 0 Å². The van der Waals surface area contributed by atoms with Gasteiger partial charge in [-0.3, -0.25) is 14.1 Å². The zero-order chi connectivity index (χ0) is 15.4. The zero-order valence-corrected chi connectivity index (χ0v) is 14.1. The van der Waals surface area contributed by atoms with Crippen LogP contribution in [0.4, 0.5) is 5.69 Å². The van der Waals surface area contributed by atoms with Gasteiger partial charge in [-0.05, 0) is 25.0 Å². The summed E-state index contributed by atoms with van der Waals surface area (Å²) >= 11 is 0. The molecule has 0 aromatic heterocycles. The Morgan fingerprint density at radius 1 is 0.905 bits per heavy atom. The van der Waals surface area contributed by atoms with E-state index in [4.69, 9.17) is 9.05 Å². The number of hydrogen-bond donors (Lipinski definition) is 1. The van der Waals surface area contributed by atoms with Crippen LogP contribution >= 0.6 is 7.75 Å². The van der Waals surface area contributed by atoms with Crippen molar-refractivity contribution in [3.05, 3.63) is 30.3 Å². The maximum Gasteiger partial charge on any atom is 0.432 e. The highest BCUT2D eigenvalue weighted by Gasteiger charge is 2.24. The number of benzene rings is 1. The fraction of sp³-hybridized carbons (Fsp3) is 0.625. The molecule has 1 aromatic rings. The third kappa shape index (κ3) is 8.25. The van der Waals surface area contributed by atoms with E-state index in [1.165, 1.54) is 0 Å². The lowest BCUT2D eigenvalue weighted by Crippen LogP contribution is -2.07. The van der Waals surface area contributed by atoms with E-state index >= 15 is 0 Å². The molecule has 0 fully saturated rings. The molecule has 1 N–H and O–H groups in total. The molecule has 5 heteroatoms. The van der Waals surface area contributed by atoms with Gasteiger partial charge in [-0.25, -0.2) is 4.57 Å². The maximum absolute atomic E-state index is 12.8. The van der Waals surface area contributed by atoms with Gasteiger partial charge in [0.05, 0.1) is 13.2 Å². The Balaban J connectivity index is 2.53. The summed E-state index contributed by atoms with van der Waals surface area (Å²) in [7, 11) is -3.27. The van der Waals surface area contributed by atoms with E-state index in [-0.39, 0.29) is 0 Å². The van der Waals surface area contributed by atoms with Gasteiger partial charge in [0.25, 0.3) is 0 Å². The van der Waals surface area contributed by atoms with Gasteiger partial charge in [-0.15, -0.1) is 0 Å². The minimum Gasteiger partial charge on any atom is -0.293 e. The molecule has 0 saturated heterocycles. The van der Waals surface area contributed by atoms with Gasteiger partial charge < -0.3 is 0 Å². The van der Waals surface area contributed by atoms with Gasteiger partial charge in [0.2, 0.25) is 0 Å². The van der Waals surface area contributed by atoms with Crippen molar-refractivity contribution in [2.24, 2.45) is 0 Å². The molecule has 0 radical (unpaired) electrons. The fourth-order valence-electron chi connectivity index (χ4n) is 1.85. The smallest absolute Gasteiger partial charge is 0.293 e. The fourth-order valence-corrected chi connectivity index (χ4v) is 3.25. The van der Waals surface area contributed by atoms with Crippen LogP contribution in [0.1, 0.15) is 52.4 Å². The summed E-state index contributed by atoms with van der Waals surface area (Å²) < 4.78 is 23.8. The average Bonchev–Trinajstić information content (AvgIpc) is 2.49. The van der Waals surface area contributed by atoms with Crippen LogP contribution in [0.3, 0.4) is 0 Å². The Hall–Kier alpha value is -0.830. The van der Waals surface area contributed by atoms with Crippen LogP contribution in [-0.4, -0.2) is 13.2 Å². The molecule has 21 heavy (non-hydrogen) atoms. The maximum atomic E-state index is 12.8. The third-order valence-electron chi connectivity index (χ3n) is 3.06. The first kappa shape index (κ1) is 18.2. The lowest BCUT2D eigenvalue weighted by Gasteiger charge is -2.20. The lowest BCUT2D eigenvalue weighted by atomic mass is 10.3. The first-order valence-electron chi connectivity index (χ1n) is 7.92. The normalized spacial score (nSPS) is 11.5. The molecule has 0 saturated carbocycles. The summed E-state index contributed by atoms with van der Waals surface area (Å²) in [5.74, 6) is 0. The quantitative estimate of drug-likeness (QED) is 0.402. The summed E-state index contributed by atoms with van der Waals surface area (Å²) in [6.07, 6.45) is 6.15. The van der Waals surface area contributed by atoms with Crippen molar-refractivity contribution in [2.45, 2.75) is 52.4 Å². The summed E-state index contributed by atoms with van der Waals surface area (Å²) in [4.78, 5) is 0. The van der Waals surface area contributed by atoms with Crippen molar-refractivity contribution in [1.82, 2.24) is 0 Å². The molecule has 0 aliphatic carbocycles. The molecule has 0 atom stereocenters. The van der Waals surface area contributed by atoms with Crippen LogP contribution in [0.25, 0.3) is 0 Å². The topological polar surface area (TPSA) is 47.6 Å². The second kappa shape index (κ2) is 10.8. The number of rotatable bonds is 12. The van der Waals surface area contributed by atoms with Crippen molar-refractivity contribution in [2.75, 3.05) is 18.3 Å². The second-order valence-corrected chi connectivity index (χ2v) is 6.79. The number of hydrogen-bond acceptors (Lipinski definition) is 3. The standard InChI is InChI=1S/C16H28NO3P/c1-3-5-10-14-19-21(18,20-15-11-6-4-2)17-16-12-8-7-9-13-16/h7-9,12-13H,3-6,10-11,14-15H2,1-2H3,(H,17,18). The molecule has 0 aliphatic rings. The molecule has 4 nitrogen and oxygen atoms in total. The molecule has 0 amide bonds. The minimum atomic E-state index is -3.27. The average molecular weight is 313 g/mol. The van der Waals surface area contributed by atoms with Crippen LogP contribution in [0, 0.1) is 0 Å². The zero-order valence-electron chi connectivity index (χ0n) is 13.2. The van der Waals surface area contributed by atoms with Crippen LogP contribution in [0.2, 0.25) is 0 Å². The van der Waals surface area contributed by atoms with Crippen molar-refractivity contribution in [1.29, 1.82) is 0 Å². The lowest BCUT2D eigenvalue weighted by molar-refractivity contribution is 0.202. The summed E-state index contributed by atoms with van der Waals surface area (Å²) in [5.41, 5.74) is 0.756. The van der Waals surface area contributed by atoms with Gasteiger partial charge in [-0.1, -0.05) is 57.7 Å². The predicted molar refractivity (Wildman–Crippen MR) is 88.6 cm³/mol. The molecule has 0 heterocycles. The van der Waals surface area contributed by atoms with Crippen molar-refractivity contribution in [3.8, 4) is 0 Å². The number of nitrogens with one attached hydrogen (secondary N) is 1. The molecular formula is C16H28NO3P. The van der Waals surface area contributed by atoms with Gasteiger partial charge in [0.15, 0.2) is 0 Å². The molecule has 1 aromatic carbocycles. The van der Waals surface area contributed by atoms with Gasteiger partial charge in [0, 0.05) is 5.69 Å². The van der Waals surface area contributed by atoms with Crippen LogP contribution in [0.5, 0.6) is 0 Å². The Morgan fingerprint density at radius 3 is 1.90 bits per heavy atom. The van der Waals surface area contributed by atoms with E-state index in [0.717, 1.165) is 44.2 Å². The van der Waals surface area contributed by atoms with E-state index in [2.05, 4.69) is 18.9 Å². The Morgan fingerprint density at radius 2 is 1.43 bits per heavy atom. The molecule has 0 aliphatic heterocycles. The van der Waals surface area contributed by atoms with Crippen molar-refractivity contribution >= 4 is 13.4 Å². The highest BCUT2D eigenvalue weighted by atomic mass is 31.2. The Bertz CT molecular complexity index is 395. The number of para-hydroxylation sites is 1. The number of anilines is 1. The second-order valence-electron chi connectivity index (χ2n) is 5.06. The van der Waals surface area contributed by atoms with E-state index in [0.29, 0.717) is 13.2 Å². The van der Waals surface area contributed by atoms with Gasteiger partial charge in [-0.2, -0.15) is 0 Å². The van der Waals surface area contributed by atoms with Crippen LogP contribution < -0.4 is 5.09 Å². The monoisotopic (exact) mass is 313 g/mol. The van der Waals surface area contributed by atoms with Gasteiger partial charge in [0.1, 0.15) is 0 Å². The molecular weight excluding hydrogens is 285 g/mol. The van der Waals surface area contributed by atoms with Gasteiger partial charge >= 0.3 is 7.75 Å². The summed E-state index contributed by atoms with van der Waals surface area (Å²) in [5, 5.41) is 2.92. The van der Waals surface area contributed by atoms with E-state index in [9.17, 15) is 4.57 Å². The Kier molecular flexibility index (Phi) is 9.40. The Labute approximate surface area is 128 Å². The summed E-state index contributed by atoms with van der Waals surface area (Å²) in [6, 6.07) is 9.41. The predicted octanol–water partition coefficient (Wildman–Crippen LogP) is 5.62. The van der Waals surface area contributed by atoms with E-state index in [1.54, 1.807) is 0 Å². The molecule has 1 rings (SSSR count). The number of unbranched alkanes of at least 4 members (excludes halogenated alkanes) is 4. The molecule has 0 bridgehead atoms. The van der Waals surface area contributed by atoms with Crippen LogP contribution in [-0.2, 0) is 13.6 Å². The van der Waals surface area contributed by atoms with Crippen molar-refractivity contribution < 1.29 is 13.6 Å². The van der Waals surface area contributed by atoms with E-state index < -0.39 is 7.75 Å². The largest absolute Gasteiger partial charge is 0.432 e. The third-order valence-corrected chi connectivity index (χ3v) is 4.64. The highest BCUT2D eigenvalue weighted by molar-refractivity contribution is 7.55. The molecule has 0 spiro atoms. The minimum absolute atomic E-state index is 0.457. The summed E-state index contributed by atoms with van der Waals surface area (Å²) in [6.45, 7) is 5.17. The molecule has 120 valence electrons. The van der Waals surface area contributed by atoms with E-state index in [1.807, 2.05) is 30.3 Å².